The van der Waals surface area contributed by atoms with Gasteiger partial charge in [-0.15, -0.1) is 0 Å². The van der Waals surface area contributed by atoms with Gasteiger partial charge in [0, 0.05) is 11.9 Å². The van der Waals surface area contributed by atoms with Gasteiger partial charge in [0.05, 0.1) is 0 Å². The highest BCUT2D eigenvalue weighted by atomic mass is 16.6. The topological polar surface area (TPSA) is 105 Å². The summed E-state index contributed by atoms with van der Waals surface area (Å²) in [6.07, 6.45) is 3.20. The van der Waals surface area contributed by atoms with E-state index in [-0.39, 0.29) is 31.5 Å². The highest BCUT2D eigenvalue weighted by Gasteiger charge is 2.30. The maximum absolute atomic E-state index is 12.6. The molecule has 2 aromatic carbocycles. The second kappa shape index (κ2) is 10.5. The molecule has 1 saturated carbocycles. The first-order valence-electron chi connectivity index (χ1n) is 11.5. The molecule has 1 N–H and O–H groups in total. The van der Waals surface area contributed by atoms with Gasteiger partial charge in [0.15, 0.2) is 0 Å². The molecule has 4 rings (SSSR count). The lowest BCUT2D eigenvalue weighted by atomic mass is 9.98. The quantitative estimate of drug-likeness (QED) is 0.619. The van der Waals surface area contributed by atoms with Gasteiger partial charge >= 0.3 is 12.1 Å². The van der Waals surface area contributed by atoms with Crippen LogP contribution in [-0.4, -0.2) is 36.8 Å². The summed E-state index contributed by atoms with van der Waals surface area (Å²) in [5, 5.41) is 13.4. The summed E-state index contributed by atoms with van der Waals surface area (Å²) in [4.78, 5) is 36.1. The molecule has 1 atom stereocenters. The van der Waals surface area contributed by atoms with Gasteiger partial charge in [-0.3, -0.25) is 0 Å². The number of fused-ring (bicyclic) bond motifs is 3. The maximum Gasteiger partial charge on any atom is 0.407 e. The van der Waals surface area contributed by atoms with E-state index in [1.165, 1.54) is 0 Å². The zero-order valence-corrected chi connectivity index (χ0v) is 18.5. The van der Waals surface area contributed by atoms with Crippen molar-refractivity contribution in [1.29, 1.82) is 0 Å². The van der Waals surface area contributed by atoms with Gasteiger partial charge in [-0.05, 0) is 60.8 Å². The summed E-state index contributed by atoms with van der Waals surface area (Å²) in [5.74, 6) is -2.03. The zero-order chi connectivity index (χ0) is 23.2. The Morgan fingerprint density at radius 1 is 0.939 bits per heavy atom. The predicted molar refractivity (Wildman–Crippen MR) is 119 cm³/mol. The normalized spacial score (nSPS) is 16.4. The zero-order valence-electron chi connectivity index (χ0n) is 18.5. The second-order valence-corrected chi connectivity index (χ2v) is 8.63. The van der Waals surface area contributed by atoms with Gasteiger partial charge in [0.1, 0.15) is 18.8 Å². The number of hydrogen-bond donors (Lipinski definition) is 1. The molecule has 7 nitrogen and oxygen atoms in total. The van der Waals surface area contributed by atoms with E-state index in [0.717, 1.165) is 54.4 Å². The molecule has 0 aliphatic heterocycles. The smallest absolute Gasteiger partial charge is 0.407 e. The minimum atomic E-state index is -1.29. The van der Waals surface area contributed by atoms with Crippen molar-refractivity contribution < 1.29 is 29.0 Å². The number of esters is 1. The van der Waals surface area contributed by atoms with Crippen LogP contribution in [0.5, 0.6) is 0 Å². The number of ether oxygens (including phenoxy) is 2. The number of alkyl carbamates (subject to hydrolysis) is 1. The van der Waals surface area contributed by atoms with Crippen LogP contribution < -0.4 is 10.4 Å². The molecule has 0 aromatic heterocycles. The van der Waals surface area contributed by atoms with Crippen molar-refractivity contribution in [3.8, 4) is 11.1 Å². The fourth-order valence-corrected chi connectivity index (χ4v) is 4.72. The molecule has 1 fully saturated rings. The van der Waals surface area contributed by atoms with Crippen LogP contribution in [0, 0.1) is 0 Å². The first-order chi connectivity index (χ1) is 16.0. The third-order valence-electron chi connectivity index (χ3n) is 6.39. The summed E-state index contributed by atoms with van der Waals surface area (Å²) < 4.78 is 11.0. The van der Waals surface area contributed by atoms with Gasteiger partial charge in [-0.2, -0.15) is 0 Å². The van der Waals surface area contributed by atoms with Crippen molar-refractivity contribution in [3.63, 3.8) is 0 Å². The third-order valence-corrected chi connectivity index (χ3v) is 6.39. The highest BCUT2D eigenvalue weighted by molar-refractivity contribution is 5.82. The highest BCUT2D eigenvalue weighted by Crippen LogP contribution is 2.44. The number of carbonyl (C=O) groups excluding carboxylic acids is 3. The summed E-state index contributed by atoms with van der Waals surface area (Å²) in [6, 6.07) is 14.9. The summed E-state index contributed by atoms with van der Waals surface area (Å²) in [5.41, 5.74) is 4.39. The van der Waals surface area contributed by atoms with Crippen LogP contribution >= 0.6 is 0 Å². The number of hydrogen-bond acceptors (Lipinski definition) is 6. The molecule has 0 saturated heterocycles. The number of carboxylic acid groups (broad SMARTS) is 1. The van der Waals surface area contributed by atoms with E-state index in [4.69, 9.17) is 9.47 Å². The van der Waals surface area contributed by atoms with Crippen LogP contribution in [0.15, 0.2) is 48.5 Å². The lowest BCUT2D eigenvalue weighted by molar-refractivity contribution is -0.305. The molecule has 33 heavy (non-hydrogen) atoms. The van der Waals surface area contributed by atoms with Crippen molar-refractivity contribution >= 4 is 18.0 Å². The van der Waals surface area contributed by atoms with Gasteiger partial charge in [-0.25, -0.2) is 9.59 Å². The Bertz CT molecular complexity index is 968. The van der Waals surface area contributed by atoms with Crippen LogP contribution in [-0.2, 0) is 19.1 Å². The first kappa shape index (κ1) is 22.8. The average molecular weight is 451 g/mol. The molecule has 0 spiro atoms. The number of carboxylic acids is 1. The lowest BCUT2D eigenvalue weighted by Crippen LogP contribution is -2.44. The molecule has 0 radical (unpaired) electrons. The van der Waals surface area contributed by atoms with Gasteiger partial charge < -0.3 is 24.7 Å². The Kier molecular flexibility index (Phi) is 7.27. The predicted octanol–water partition coefficient (Wildman–Crippen LogP) is 3.30. The van der Waals surface area contributed by atoms with E-state index in [9.17, 15) is 19.5 Å². The Balaban J connectivity index is 1.39. The molecule has 0 unspecified atom stereocenters. The molecular formula is C26H28NO6-. The van der Waals surface area contributed by atoms with E-state index < -0.39 is 24.1 Å². The number of aliphatic carboxylic acids is 1. The summed E-state index contributed by atoms with van der Waals surface area (Å²) >= 11 is 0. The minimum absolute atomic E-state index is 0.102. The minimum Gasteiger partial charge on any atom is -0.550 e. The van der Waals surface area contributed by atoms with Crippen molar-refractivity contribution in [2.75, 3.05) is 6.61 Å². The average Bonchev–Trinajstić information content (AvgIpc) is 3.14. The maximum atomic E-state index is 12.6. The van der Waals surface area contributed by atoms with Crippen LogP contribution in [0.3, 0.4) is 0 Å². The van der Waals surface area contributed by atoms with Crippen molar-refractivity contribution in [2.24, 2.45) is 0 Å². The Hall–Kier alpha value is -3.35. The van der Waals surface area contributed by atoms with Crippen LogP contribution in [0.4, 0.5) is 4.79 Å². The van der Waals surface area contributed by atoms with Crippen molar-refractivity contribution in [3.05, 3.63) is 59.7 Å². The van der Waals surface area contributed by atoms with Crippen molar-refractivity contribution in [2.45, 2.75) is 63.0 Å². The molecule has 2 aliphatic carbocycles. The number of nitrogens with one attached hydrogen (secondary N) is 1. The summed E-state index contributed by atoms with van der Waals surface area (Å²) in [7, 11) is 0. The third kappa shape index (κ3) is 5.53. The van der Waals surface area contributed by atoms with E-state index in [1.54, 1.807) is 0 Å². The monoisotopic (exact) mass is 450 g/mol. The molecule has 7 heteroatoms. The number of carbonyl (C=O) groups is 3. The molecule has 2 aliphatic rings. The number of benzene rings is 2. The fourth-order valence-electron chi connectivity index (χ4n) is 4.72. The van der Waals surface area contributed by atoms with Crippen LogP contribution in [0.2, 0.25) is 0 Å². The van der Waals surface area contributed by atoms with E-state index >= 15 is 0 Å². The fraction of sp³-hybridized carbons (Fsp3) is 0.423. The molecule has 0 bridgehead atoms. The SMILES string of the molecule is O=C([O-])CC[C@H](NC(=O)OCC1c2ccccc2-c2ccccc21)C(=O)OC1CCCCC1. The molecule has 0 heterocycles. The molecular weight excluding hydrogens is 422 g/mol. The van der Waals surface area contributed by atoms with Gasteiger partial charge in [-0.1, -0.05) is 55.0 Å². The van der Waals surface area contributed by atoms with Gasteiger partial charge in [0.2, 0.25) is 0 Å². The Morgan fingerprint density at radius 3 is 2.15 bits per heavy atom. The standard InChI is InChI=1S/C26H29NO6/c28-24(29)15-14-23(25(30)33-17-8-2-1-3-9-17)27-26(31)32-16-22-20-12-6-4-10-18(20)19-11-5-7-13-21(19)22/h4-7,10-13,17,22-23H,1-3,8-9,14-16H2,(H,27,31)(H,28,29)/p-1/t23-/m0/s1. The molecule has 174 valence electrons. The molecule has 2 aromatic rings. The largest absolute Gasteiger partial charge is 0.550 e. The first-order valence-corrected chi connectivity index (χ1v) is 11.5. The lowest BCUT2D eigenvalue weighted by Gasteiger charge is -2.25. The van der Waals surface area contributed by atoms with E-state index in [1.807, 2.05) is 48.5 Å². The Morgan fingerprint density at radius 2 is 1.55 bits per heavy atom. The van der Waals surface area contributed by atoms with E-state index in [0.29, 0.717) is 0 Å². The van der Waals surface area contributed by atoms with Crippen LogP contribution in [0.25, 0.3) is 11.1 Å². The van der Waals surface area contributed by atoms with Crippen LogP contribution in [0.1, 0.15) is 62.0 Å². The van der Waals surface area contributed by atoms with E-state index in [2.05, 4.69) is 5.32 Å². The van der Waals surface area contributed by atoms with Gasteiger partial charge in [0.25, 0.3) is 0 Å². The number of rotatable bonds is 8. The van der Waals surface area contributed by atoms with Crippen molar-refractivity contribution in [1.82, 2.24) is 5.32 Å². The Labute approximate surface area is 193 Å². The molecule has 1 amide bonds. The number of amides is 1. The summed E-state index contributed by atoms with van der Waals surface area (Å²) in [6.45, 7) is 0.102. The second-order valence-electron chi connectivity index (χ2n) is 8.63.